The molecule has 0 bridgehead atoms. The molecule has 0 unspecified atom stereocenters. The zero-order valence-electron chi connectivity index (χ0n) is 9.63. The van der Waals surface area contributed by atoms with Crippen LogP contribution < -0.4 is 5.32 Å². The number of rotatable bonds is 4. The highest BCUT2D eigenvalue weighted by Gasteiger charge is 2.15. The van der Waals surface area contributed by atoms with Gasteiger partial charge in [0.25, 0.3) is 5.91 Å². The Morgan fingerprint density at radius 3 is 2.82 bits per heavy atom. The topological polar surface area (TPSA) is 54.9 Å². The van der Waals surface area contributed by atoms with Gasteiger partial charge in [0.2, 0.25) is 0 Å². The van der Waals surface area contributed by atoms with Crippen molar-refractivity contribution in [2.75, 3.05) is 6.54 Å². The first-order chi connectivity index (χ1) is 7.91. The third-order valence-electron chi connectivity index (χ3n) is 1.93. The zero-order valence-corrected chi connectivity index (χ0v) is 12.0. The standard InChI is InChI=1S/C11H13BrClN3O/c1-6(2)10-14-5-8(13)9(16-10)11(17)15-4-7(3)12/h5-6H,3-4H2,1-2H3,(H,15,17). The van der Waals surface area contributed by atoms with Gasteiger partial charge in [-0.3, -0.25) is 4.79 Å². The number of carbonyl (C=O) groups excluding carboxylic acids is 1. The number of aromatic nitrogens is 2. The molecule has 0 aromatic carbocycles. The first-order valence-corrected chi connectivity index (χ1v) is 6.22. The van der Waals surface area contributed by atoms with Crippen molar-refractivity contribution in [2.45, 2.75) is 19.8 Å². The second kappa shape index (κ2) is 6.12. The van der Waals surface area contributed by atoms with Crippen LogP contribution in [0.5, 0.6) is 0 Å². The molecule has 92 valence electrons. The highest BCUT2D eigenvalue weighted by Crippen LogP contribution is 2.16. The molecule has 0 spiro atoms. The second-order valence-electron chi connectivity index (χ2n) is 3.78. The Labute approximate surface area is 114 Å². The van der Waals surface area contributed by atoms with E-state index in [-0.39, 0.29) is 22.5 Å². The fourth-order valence-corrected chi connectivity index (χ4v) is 1.40. The van der Waals surface area contributed by atoms with Crippen LogP contribution in [-0.2, 0) is 0 Å². The molecule has 1 amide bonds. The summed E-state index contributed by atoms with van der Waals surface area (Å²) in [6, 6.07) is 0. The minimum absolute atomic E-state index is 0.143. The number of halogens is 2. The van der Waals surface area contributed by atoms with E-state index in [0.717, 1.165) is 0 Å². The molecule has 1 heterocycles. The number of hydrogen-bond donors (Lipinski definition) is 1. The van der Waals surface area contributed by atoms with Gasteiger partial charge in [0, 0.05) is 16.9 Å². The molecule has 0 radical (unpaired) electrons. The van der Waals surface area contributed by atoms with Crippen molar-refractivity contribution in [2.24, 2.45) is 0 Å². The van der Waals surface area contributed by atoms with Crippen molar-refractivity contribution >= 4 is 33.4 Å². The molecule has 4 nitrogen and oxygen atoms in total. The number of amides is 1. The maximum absolute atomic E-state index is 11.8. The van der Waals surface area contributed by atoms with Gasteiger partial charge in [-0.25, -0.2) is 9.97 Å². The molecule has 0 aliphatic carbocycles. The van der Waals surface area contributed by atoms with Crippen molar-refractivity contribution in [1.29, 1.82) is 0 Å². The van der Waals surface area contributed by atoms with Crippen LogP contribution in [0.2, 0.25) is 5.02 Å². The predicted octanol–water partition coefficient (Wildman–Crippen LogP) is 2.89. The molecule has 1 rings (SSSR count). The summed E-state index contributed by atoms with van der Waals surface area (Å²) < 4.78 is 0.681. The minimum Gasteiger partial charge on any atom is -0.346 e. The molecule has 1 aromatic rings. The van der Waals surface area contributed by atoms with Crippen LogP contribution in [0.1, 0.15) is 36.1 Å². The molecule has 17 heavy (non-hydrogen) atoms. The lowest BCUT2D eigenvalue weighted by molar-refractivity contribution is 0.0952. The number of nitrogens with zero attached hydrogens (tertiary/aromatic N) is 2. The van der Waals surface area contributed by atoms with E-state index in [1.807, 2.05) is 13.8 Å². The Morgan fingerprint density at radius 1 is 1.65 bits per heavy atom. The van der Waals surface area contributed by atoms with Gasteiger partial charge in [-0.05, 0) is 0 Å². The van der Waals surface area contributed by atoms with E-state index in [1.165, 1.54) is 6.20 Å². The summed E-state index contributed by atoms with van der Waals surface area (Å²) in [7, 11) is 0. The Hall–Kier alpha value is -0.940. The van der Waals surface area contributed by atoms with E-state index in [9.17, 15) is 4.79 Å². The van der Waals surface area contributed by atoms with Crippen LogP contribution >= 0.6 is 27.5 Å². The maximum Gasteiger partial charge on any atom is 0.271 e. The van der Waals surface area contributed by atoms with Crippen molar-refractivity contribution in [1.82, 2.24) is 15.3 Å². The number of hydrogen-bond acceptors (Lipinski definition) is 3. The molecule has 0 saturated heterocycles. The Kier molecular flexibility index (Phi) is 5.08. The average Bonchev–Trinajstić information content (AvgIpc) is 2.26. The lowest BCUT2D eigenvalue weighted by Gasteiger charge is -2.08. The second-order valence-corrected chi connectivity index (χ2v) is 5.31. The molecule has 1 N–H and O–H groups in total. The van der Waals surface area contributed by atoms with Crippen molar-refractivity contribution in [3.63, 3.8) is 0 Å². The van der Waals surface area contributed by atoms with Crippen LogP contribution in [0.25, 0.3) is 0 Å². The lowest BCUT2D eigenvalue weighted by Crippen LogP contribution is -2.26. The van der Waals surface area contributed by atoms with Crippen molar-refractivity contribution < 1.29 is 4.79 Å². The minimum atomic E-state index is -0.333. The van der Waals surface area contributed by atoms with Crippen LogP contribution in [0, 0.1) is 0 Å². The van der Waals surface area contributed by atoms with Crippen LogP contribution in [0.3, 0.4) is 0 Å². The molecular weight excluding hydrogens is 305 g/mol. The van der Waals surface area contributed by atoms with E-state index in [2.05, 4.69) is 37.8 Å². The molecule has 1 aromatic heterocycles. The summed E-state index contributed by atoms with van der Waals surface area (Å²) in [5, 5.41) is 2.89. The Balaban J connectivity index is 2.92. The monoisotopic (exact) mass is 317 g/mol. The van der Waals surface area contributed by atoms with Gasteiger partial charge in [0.15, 0.2) is 0 Å². The highest BCUT2D eigenvalue weighted by atomic mass is 79.9. The lowest BCUT2D eigenvalue weighted by atomic mass is 10.2. The van der Waals surface area contributed by atoms with Gasteiger partial charge >= 0.3 is 0 Å². The predicted molar refractivity (Wildman–Crippen MR) is 71.5 cm³/mol. The van der Waals surface area contributed by atoms with E-state index in [4.69, 9.17) is 11.6 Å². The average molecular weight is 319 g/mol. The van der Waals surface area contributed by atoms with Crippen molar-refractivity contribution in [3.8, 4) is 0 Å². The van der Waals surface area contributed by atoms with Gasteiger partial charge in [-0.1, -0.05) is 48.0 Å². The van der Waals surface area contributed by atoms with Gasteiger partial charge < -0.3 is 5.32 Å². The van der Waals surface area contributed by atoms with E-state index in [0.29, 0.717) is 16.9 Å². The first-order valence-electron chi connectivity index (χ1n) is 5.05. The summed E-state index contributed by atoms with van der Waals surface area (Å²) in [4.78, 5) is 20.0. The zero-order chi connectivity index (χ0) is 13.0. The summed E-state index contributed by atoms with van der Waals surface area (Å²) in [6.07, 6.45) is 1.45. The quantitative estimate of drug-likeness (QED) is 0.928. The summed E-state index contributed by atoms with van der Waals surface area (Å²) in [5.41, 5.74) is 0.194. The fraction of sp³-hybridized carbons (Fsp3) is 0.364. The molecule has 0 fully saturated rings. The summed E-state index contributed by atoms with van der Waals surface area (Å²) in [5.74, 6) is 0.405. The maximum atomic E-state index is 11.8. The molecular formula is C11H13BrClN3O. The van der Waals surface area contributed by atoms with Crippen LogP contribution in [0.4, 0.5) is 0 Å². The van der Waals surface area contributed by atoms with E-state index >= 15 is 0 Å². The Bertz CT molecular complexity index is 448. The molecule has 0 aliphatic heterocycles. The van der Waals surface area contributed by atoms with E-state index in [1.54, 1.807) is 0 Å². The van der Waals surface area contributed by atoms with E-state index < -0.39 is 0 Å². The fourth-order valence-electron chi connectivity index (χ4n) is 1.08. The van der Waals surface area contributed by atoms with Gasteiger partial charge in [-0.2, -0.15) is 0 Å². The SMILES string of the molecule is C=C(Br)CNC(=O)c1nc(C(C)C)ncc1Cl. The molecule has 0 saturated carbocycles. The number of carbonyl (C=O) groups is 1. The van der Waals surface area contributed by atoms with Crippen LogP contribution in [-0.4, -0.2) is 22.4 Å². The van der Waals surface area contributed by atoms with Crippen molar-refractivity contribution in [3.05, 3.63) is 33.8 Å². The van der Waals surface area contributed by atoms with Gasteiger partial charge in [-0.15, -0.1) is 0 Å². The molecule has 0 atom stereocenters. The smallest absolute Gasteiger partial charge is 0.271 e. The van der Waals surface area contributed by atoms with Gasteiger partial charge in [0.1, 0.15) is 11.5 Å². The Morgan fingerprint density at radius 2 is 2.29 bits per heavy atom. The highest BCUT2D eigenvalue weighted by molar-refractivity contribution is 9.11. The third-order valence-corrected chi connectivity index (χ3v) is 2.49. The third kappa shape index (κ3) is 4.09. The normalized spacial score (nSPS) is 10.4. The molecule has 6 heteroatoms. The summed E-state index contributed by atoms with van der Waals surface area (Å²) in [6.45, 7) is 7.85. The largest absolute Gasteiger partial charge is 0.346 e. The first kappa shape index (κ1) is 14.1. The summed E-state index contributed by atoms with van der Waals surface area (Å²) >= 11 is 9.05. The molecule has 0 aliphatic rings. The van der Waals surface area contributed by atoms with Crippen LogP contribution in [0.15, 0.2) is 17.3 Å². The van der Waals surface area contributed by atoms with Gasteiger partial charge in [0.05, 0.1) is 11.2 Å². The number of nitrogens with one attached hydrogen (secondary N) is 1.